The molecule has 0 radical (unpaired) electrons. The average Bonchev–Trinajstić information content (AvgIpc) is 2.15. The van der Waals surface area contributed by atoms with Gasteiger partial charge in [0.15, 0.2) is 0 Å². The highest BCUT2D eigenvalue weighted by atomic mass is 16.3. The molecule has 70 valence electrons. The summed E-state index contributed by atoms with van der Waals surface area (Å²) in [7, 11) is 0. The van der Waals surface area contributed by atoms with Gasteiger partial charge in [0.25, 0.3) is 0 Å². The van der Waals surface area contributed by atoms with Gasteiger partial charge in [0.1, 0.15) is 0 Å². The highest BCUT2D eigenvalue weighted by Crippen LogP contribution is 2.71. The van der Waals surface area contributed by atoms with Crippen molar-refractivity contribution in [1.82, 2.24) is 0 Å². The van der Waals surface area contributed by atoms with Crippen molar-refractivity contribution in [3.8, 4) is 0 Å². The van der Waals surface area contributed by atoms with Crippen LogP contribution in [0.4, 0.5) is 0 Å². The summed E-state index contributed by atoms with van der Waals surface area (Å²) in [5.41, 5.74) is 0.0451. The highest BCUT2D eigenvalue weighted by molar-refractivity contribution is 5.16. The first-order valence-electron chi connectivity index (χ1n) is 5.39. The number of fused-ring (bicyclic) bond motifs is 2. The van der Waals surface area contributed by atoms with Gasteiger partial charge in [-0.2, -0.15) is 0 Å². The predicted octanol–water partition coefficient (Wildman–Crippen LogP) is 2.58. The van der Waals surface area contributed by atoms with Crippen molar-refractivity contribution in [3.05, 3.63) is 0 Å². The molecule has 2 aliphatic carbocycles. The van der Waals surface area contributed by atoms with E-state index in [0.717, 1.165) is 12.8 Å². The third-order valence-electron chi connectivity index (χ3n) is 5.26. The normalized spacial score (nSPS) is 63.6. The lowest BCUT2D eigenvalue weighted by Crippen LogP contribution is -2.36. The molecule has 1 N–H and O–H groups in total. The average molecular weight is 169 g/mol. The first kappa shape index (κ1) is 7.37. The van der Waals surface area contributed by atoms with Crippen LogP contribution >= 0.6 is 0 Å². The lowest BCUT2D eigenvalue weighted by atomic mass is 9.66. The zero-order valence-electron chi connectivity index (χ0n) is 9.57. The summed E-state index contributed by atoms with van der Waals surface area (Å²) < 4.78 is 8.01. The Bertz CT molecular complexity index is 259. The second-order valence-corrected chi connectivity index (χ2v) is 5.64. The summed E-state index contributed by atoms with van der Waals surface area (Å²) in [6.07, 6.45) is 1.60. The van der Waals surface area contributed by atoms with Crippen LogP contribution in [0.15, 0.2) is 0 Å². The molecule has 2 aliphatic rings. The molecule has 0 amide bonds. The maximum absolute atomic E-state index is 10.1. The third-order valence-corrected chi connectivity index (χ3v) is 5.26. The van der Waals surface area contributed by atoms with E-state index < -0.39 is 6.08 Å². The van der Waals surface area contributed by atoms with Gasteiger partial charge >= 0.3 is 0 Å². The van der Waals surface area contributed by atoms with E-state index in [4.69, 9.17) is 1.37 Å². The van der Waals surface area contributed by atoms with Crippen LogP contribution in [0.5, 0.6) is 0 Å². The van der Waals surface area contributed by atoms with Gasteiger partial charge in [0.05, 0.1) is 7.45 Å². The summed E-state index contributed by atoms with van der Waals surface area (Å²) in [4.78, 5) is 0. The van der Waals surface area contributed by atoms with Crippen LogP contribution in [0.1, 0.15) is 48.3 Å². The number of hydrogen-bond acceptors (Lipinski definition) is 1. The Morgan fingerprint density at radius 3 is 2.00 bits per heavy atom. The zero-order chi connectivity index (χ0) is 10.1. The van der Waals surface area contributed by atoms with Crippen LogP contribution in [0, 0.1) is 16.2 Å². The van der Waals surface area contributed by atoms with Crippen molar-refractivity contribution in [2.75, 3.05) is 0 Å². The first-order valence-corrected chi connectivity index (χ1v) is 4.89. The van der Waals surface area contributed by atoms with Gasteiger partial charge in [-0.25, -0.2) is 0 Å². The quantitative estimate of drug-likeness (QED) is 0.591. The largest absolute Gasteiger partial charge is 0.393 e. The van der Waals surface area contributed by atoms with Crippen molar-refractivity contribution in [2.24, 2.45) is 16.2 Å². The lowest BCUT2D eigenvalue weighted by Gasteiger charge is -2.39. The second kappa shape index (κ2) is 1.89. The Balaban J connectivity index is 2.56. The fourth-order valence-electron chi connectivity index (χ4n) is 3.20. The molecule has 12 heavy (non-hydrogen) atoms. The maximum atomic E-state index is 10.1. The molecular weight excluding hydrogens is 148 g/mol. The Labute approximate surface area is 76.6 Å². The zero-order valence-corrected chi connectivity index (χ0v) is 8.57. The summed E-state index contributed by atoms with van der Waals surface area (Å²) in [6.45, 7) is 8.74. The molecule has 2 rings (SSSR count). The van der Waals surface area contributed by atoms with Gasteiger partial charge in [-0.3, -0.25) is 0 Å². The Kier molecular flexibility index (Phi) is 1.16. The predicted molar refractivity (Wildman–Crippen MR) is 49.9 cm³/mol. The summed E-state index contributed by atoms with van der Waals surface area (Å²) in [5, 5.41) is 10.1. The van der Waals surface area contributed by atoms with Crippen molar-refractivity contribution in [3.63, 3.8) is 0 Å². The third kappa shape index (κ3) is 0.618. The lowest BCUT2D eigenvalue weighted by molar-refractivity contribution is 0.0115. The first-order chi connectivity index (χ1) is 5.66. The molecule has 2 saturated carbocycles. The summed E-state index contributed by atoms with van der Waals surface area (Å²) >= 11 is 0. The molecule has 0 saturated heterocycles. The minimum absolute atomic E-state index is 0.0938. The van der Waals surface area contributed by atoms with E-state index in [0.29, 0.717) is 6.42 Å². The molecule has 1 nitrogen and oxygen atoms in total. The van der Waals surface area contributed by atoms with Crippen LogP contribution < -0.4 is 0 Å². The molecule has 0 aromatic carbocycles. The van der Waals surface area contributed by atoms with E-state index in [1.165, 1.54) is 0 Å². The molecule has 0 heterocycles. The SMILES string of the molecule is [2H][C@@]1(O)C[C@@]2(C)CC[C@]1(C)C2(C)C. The van der Waals surface area contributed by atoms with Crippen molar-refractivity contribution < 1.29 is 6.48 Å². The van der Waals surface area contributed by atoms with E-state index in [-0.39, 0.29) is 16.2 Å². The maximum Gasteiger partial charge on any atom is 0.0607 e. The van der Waals surface area contributed by atoms with Crippen LogP contribution in [0.2, 0.25) is 0 Å². The molecule has 1 heteroatoms. The van der Waals surface area contributed by atoms with Crippen LogP contribution in [-0.2, 0) is 0 Å². The van der Waals surface area contributed by atoms with E-state index in [1.807, 2.05) is 0 Å². The molecule has 2 fully saturated rings. The van der Waals surface area contributed by atoms with E-state index in [2.05, 4.69) is 27.7 Å². The van der Waals surface area contributed by atoms with E-state index in [1.54, 1.807) is 0 Å². The van der Waals surface area contributed by atoms with Crippen LogP contribution in [-0.4, -0.2) is 11.2 Å². The topological polar surface area (TPSA) is 20.2 Å². The van der Waals surface area contributed by atoms with E-state index in [9.17, 15) is 5.11 Å². The van der Waals surface area contributed by atoms with Gasteiger partial charge < -0.3 is 5.11 Å². The standard InChI is InChI=1S/C11H20O/c1-9(2)10(3)5-6-11(9,4)8(12)7-10/h8,12H,5-7H2,1-4H3/t8-,10-,11+/m1/s1/i8D. The van der Waals surface area contributed by atoms with E-state index >= 15 is 0 Å². The number of rotatable bonds is 0. The Morgan fingerprint density at radius 1 is 1.25 bits per heavy atom. The molecule has 0 aliphatic heterocycles. The molecule has 0 aromatic heterocycles. The fourth-order valence-corrected chi connectivity index (χ4v) is 3.20. The van der Waals surface area contributed by atoms with Crippen molar-refractivity contribution in [2.45, 2.75) is 53.0 Å². The molecule has 0 spiro atoms. The minimum Gasteiger partial charge on any atom is -0.393 e. The highest BCUT2D eigenvalue weighted by Gasteiger charge is 2.66. The molecule has 0 unspecified atom stereocenters. The van der Waals surface area contributed by atoms with Gasteiger partial charge in [-0.1, -0.05) is 27.7 Å². The van der Waals surface area contributed by atoms with Gasteiger partial charge in [0.2, 0.25) is 0 Å². The Morgan fingerprint density at radius 2 is 1.83 bits per heavy atom. The van der Waals surface area contributed by atoms with Gasteiger partial charge in [-0.15, -0.1) is 0 Å². The summed E-state index contributed by atoms with van der Waals surface area (Å²) in [5.74, 6) is 0. The smallest absolute Gasteiger partial charge is 0.0607 e. The Hall–Kier alpha value is -0.0400. The van der Waals surface area contributed by atoms with Crippen molar-refractivity contribution in [1.29, 1.82) is 0 Å². The summed E-state index contributed by atoms with van der Waals surface area (Å²) in [6, 6.07) is 0. The monoisotopic (exact) mass is 169 g/mol. The van der Waals surface area contributed by atoms with Crippen LogP contribution in [0.25, 0.3) is 0 Å². The van der Waals surface area contributed by atoms with Gasteiger partial charge in [-0.05, 0) is 35.5 Å². The fraction of sp³-hybridized carbons (Fsp3) is 1.00. The van der Waals surface area contributed by atoms with Crippen LogP contribution in [0.3, 0.4) is 0 Å². The molecule has 3 atom stereocenters. The number of hydrogen-bond donors (Lipinski definition) is 1. The molecule has 0 aromatic rings. The second-order valence-electron chi connectivity index (χ2n) is 5.64. The van der Waals surface area contributed by atoms with Crippen molar-refractivity contribution >= 4 is 0 Å². The van der Waals surface area contributed by atoms with Gasteiger partial charge in [0, 0.05) is 0 Å². The molecular formula is C11H20O. The number of aliphatic hydroxyl groups is 1. The minimum atomic E-state index is -1.20. The molecule has 2 bridgehead atoms.